The molecule has 0 aliphatic carbocycles. The average molecular weight is 393 g/mol. The van der Waals surface area contributed by atoms with Crippen molar-refractivity contribution in [2.45, 2.75) is 24.4 Å². The first-order valence-electron chi connectivity index (χ1n) is 8.22. The number of aromatic nitrogens is 2. The molecular weight excluding hydrogens is 379 g/mol. The summed E-state index contributed by atoms with van der Waals surface area (Å²) in [6.45, 7) is 1.80. The molecule has 1 aliphatic heterocycles. The maximum atomic E-state index is 12.9. The van der Waals surface area contributed by atoms with E-state index in [9.17, 15) is 17.4 Å². The Hall–Kier alpha value is -2.55. The minimum atomic E-state index is -4.52. The van der Waals surface area contributed by atoms with Crippen LogP contribution in [0.4, 0.5) is 13.2 Å². The van der Waals surface area contributed by atoms with Crippen LogP contribution in [0.5, 0.6) is 0 Å². The lowest BCUT2D eigenvalue weighted by Crippen LogP contribution is -2.37. The van der Waals surface area contributed by atoms with Crippen molar-refractivity contribution in [3.63, 3.8) is 0 Å². The molecular formula is C18H14F3N3O2S. The second-order valence-electron chi connectivity index (χ2n) is 6.03. The van der Waals surface area contributed by atoms with Crippen molar-refractivity contribution in [1.82, 2.24) is 9.97 Å². The van der Waals surface area contributed by atoms with Gasteiger partial charge in [-0.3, -0.25) is 9.20 Å². The number of hydrogen-bond acceptors (Lipinski definition) is 5. The Morgan fingerprint density at radius 2 is 2.04 bits per heavy atom. The third kappa shape index (κ3) is 3.27. The highest BCUT2D eigenvalue weighted by Crippen LogP contribution is 2.32. The number of rotatable bonds is 3. The first-order valence-corrected chi connectivity index (χ1v) is 9.60. The Kier molecular flexibility index (Phi) is 4.33. The highest BCUT2D eigenvalue weighted by atomic mass is 32.2. The summed E-state index contributed by atoms with van der Waals surface area (Å²) in [6.07, 6.45) is -1.96. The summed E-state index contributed by atoms with van der Waals surface area (Å²) >= 11 is 0. The normalized spacial score (nSPS) is 20.6. The van der Waals surface area contributed by atoms with Gasteiger partial charge >= 0.3 is 6.18 Å². The van der Waals surface area contributed by atoms with E-state index in [0.717, 1.165) is 11.3 Å². The van der Waals surface area contributed by atoms with E-state index < -0.39 is 33.8 Å². The number of hydrogen-bond donors (Lipinski definition) is 0. The molecule has 9 heteroatoms. The Morgan fingerprint density at radius 1 is 1.26 bits per heavy atom. The third-order valence-corrected chi connectivity index (χ3v) is 5.87. The fourth-order valence-electron chi connectivity index (χ4n) is 2.97. The zero-order valence-corrected chi connectivity index (χ0v) is 14.9. The van der Waals surface area contributed by atoms with Crippen molar-refractivity contribution in [2.75, 3.05) is 5.75 Å². The van der Waals surface area contributed by atoms with Crippen LogP contribution in [0, 0.1) is 0 Å². The van der Waals surface area contributed by atoms with Gasteiger partial charge in [-0.1, -0.05) is 31.2 Å². The van der Waals surface area contributed by atoms with Crippen LogP contribution in [0.15, 0.2) is 45.9 Å². The topological polar surface area (TPSA) is 68.3 Å². The Labute approximate surface area is 154 Å². The SMILES string of the molecule is CCS(=O)C1C=c2ccccc2=NC1c1nc2cc(C(F)(F)F)cnc2o1. The van der Waals surface area contributed by atoms with Crippen molar-refractivity contribution in [3.05, 3.63) is 58.6 Å². The molecule has 5 nitrogen and oxygen atoms in total. The minimum Gasteiger partial charge on any atom is -0.420 e. The van der Waals surface area contributed by atoms with Gasteiger partial charge in [0.1, 0.15) is 11.6 Å². The molecule has 3 atom stereocenters. The van der Waals surface area contributed by atoms with Crippen molar-refractivity contribution < 1.29 is 21.8 Å². The number of para-hydroxylation sites is 1. The van der Waals surface area contributed by atoms with Crippen molar-refractivity contribution in [3.8, 4) is 0 Å². The zero-order chi connectivity index (χ0) is 19.2. The molecule has 3 heterocycles. The minimum absolute atomic E-state index is 0.00471. The molecule has 1 aromatic carbocycles. The fraction of sp³-hybridized carbons (Fsp3) is 0.278. The van der Waals surface area contributed by atoms with Crippen LogP contribution in [-0.4, -0.2) is 25.2 Å². The second-order valence-corrected chi connectivity index (χ2v) is 7.91. The summed E-state index contributed by atoms with van der Waals surface area (Å²) in [6, 6.07) is 7.57. The Bertz CT molecular complexity index is 1160. The smallest absolute Gasteiger partial charge is 0.417 e. The molecule has 0 saturated carbocycles. The molecule has 0 N–H and O–H groups in total. The van der Waals surface area contributed by atoms with Crippen molar-refractivity contribution in [2.24, 2.45) is 4.99 Å². The number of alkyl halides is 3. The lowest BCUT2D eigenvalue weighted by Gasteiger charge is -2.20. The quantitative estimate of drug-likeness (QED) is 0.686. The monoisotopic (exact) mass is 393 g/mol. The lowest BCUT2D eigenvalue weighted by molar-refractivity contribution is -0.137. The molecule has 1 aliphatic rings. The molecule has 27 heavy (non-hydrogen) atoms. The van der Waals surface area contributed by atoms with Gasteiger partial charge < -0.3 is 4.42 Å². The summed E-state index contributed by atoms with van der Waals surface area (Å²) in [5, 5.41) is 1.06. The van der Waals surface area contributed by atoms with Crippen LogP contribution in [0.1, 0.15) is 24.4 Å². The van der Waals surface area contributed by atoms with Gasteiger partial charge in [-0.25, -0.2) is 9.97 Å². The molecule has 3 aromatic rings. The van der Waals surface area contributed by atoms with E-state index in [-0.39, 0.29) is 17.1 Å². The van der Waals surface area contributed by atoms with Gasteiger partial charge in [-0.05, 0) is 17.4 Å². The van der Waals surface area contributed by atoms with Gasteiger partial charge in [0.05, 0.1) is 16.2 Å². The summed E-state index contributed by atoms with van der Waals surface area (Å²) in [5.74, 6) is 0.515. The van der Waals surface area contributed by atoms with E-state index in [4.69, 9.17) is 4.42 Å². The van der Waals surface area contributed by atoms with E-state index in [1.807, 2.05) is 30.3 Å². The molecule has 0 radical (unpaired) electrons. The van der Waals surface area contributed by atoms with Crippen molar-refractivity contribution >= 4 is 28.1 Å². The molecule has 2 aromatic heterocycles. The van der Waals surface area contributed by atoms with Crippen LogP contribution in [0.2, 0.25) is 0 Å². The van der Waals surface area contributed by atoms with E-state index in [2.05, 4.69) is 15.0 Å². The average Bonchev–Trinajstić information content (AvgIpc) is 3.08. The third-order valence-electron chi connectivity index (χ3n) is 4.30. The van der Waals surface area contributed by atoms with Crippen LogP contribution >= 0.6 is 0 Å². The maximum Gasteiger partial charge on any atom is 0.417 e. The van der Waals surface area contributed by atoms with E-state index in [1.54, 1.807) is 6.92 Å². The van der Waals surface area contributed by atoms with Gasteiger partial charge in [0.2, 0.25) is 11.6 Å². The molecule has 0 saturated heterocycles. The van der Waals surface area contributed by atoms with Gasteiger partial charge in [-0.15, -0.1) is 0 Å². The number of oxazole rings is 1. The summed E-state index contributed by atoms with van der Waals surface area (Å²) in [5.41, 5.74) is -0.913. The zero-order valence-electron chi connectivity index (χ0n) is 14.1. The predicted molar refractivity (Wildman–Crippen MR) is 93.7 cm³/mol. The highest BCUT2D eigenvalue weighted by Gasteiger charge is 2.34. The Morgan fingerprint density at radius 3 is 2.78 bits per heavy atom. The second kappa shape index (κ2) is 6.56. The van der Waals surface area contributed by atoms with Crippen molar-refractivity contribution in [1.29, 1.82) is 0 Å². The number of nitrogens with zero attached hydrogens (tertiary/aromatic N) is 3. The van der Waals surface area contributed by atoms with Gasteiger partial charge in [0.15, 0.2) is 0 Å². The van der Waals surface area contributed by atoms with Crippen LogP contribution in [0.25, 0.3) is 17.3 Å². The van der Waals surface area contributed by atoms with E-state index in [1.165, 1.54) is 0 Å². The van der Waals surface area contributed by atoms with Gasteiger partial charge in [0, 0.05) is 22.7 Å². The standard InChI is InChI=1S/C18H14F3N3O2S/c1-2-27(25)14-7-10-5-3-4-6-12(10)23-15(14)17-24-13-8-11(18(19,20)21)9-22-16(13)26-17/h3-9,14-15H,2H2,1H3. The molecule has 0 spiro atoms. The first kappa shape index (κ1) is 17.8. The number of pyridine rings is 1. The summed E-state index contributed by atoms with van der Waals surface area (Å²) in [7, 11) is -1.24. The summed E-state index contributed by atoms with van der Waals surface area (Å²) < 4.78 is 56.8. The first-order chi connectivity index (χ1) is 12.9. The van der Waals surface area contributed by atoms with Gasteiger partial charge in [-0.2, -0.15) is 13.2 Å². The number of benzene rings is 1. The lowest BCUT2D eigenvalue weighted by atomic mass is 10.1. The number of halogens is 3. The molecule has 0 bridgehead atoms. The van der Waals surface area contributed by atoms with E-state index in [0.29, 0.717) is 17.3 Å². The fourth-order valence-corrected chi connectivity index (χ4v) is 4.11. The molecule has 3 unspecified atom stereocenters. The van der Waals surface area contributed by atoms with Crippen LogP contribution in [-0.2, 0) is 17.0 Å². The number of fused-ring (bicyclic) bond motifs is 2. The van der Waals surface area contributed by atoms with Gasteiger partial charge in [0.25, 0.3) is 0 Å². The highest BCUT2D eigenvalue weighted by molar-refractivity contribution is 7.86. The predicted octanol–water partition coefficient (Wildman–Crippen LogP) is 2.53. The molecule has 140 valence electrons. The maximum absolute atomic E-state index is 12.9. The molecule has 0 fully saturated rings. The molecule has 0 amide bonds. The summed E-state index contributed by atoms with van der Waals surface area (Å²) in [4.78, 5) is 12.5. The van der Waals surface area contributed by atoms with E-state index >= 15 is 0 Å². The molecule has 4 rings (SSSR count). The van der Waals surface area contributed by atoms with Crippen LogP contribution < -0.4 is 10.6 Å². The Balaban J connectivity index is 1.85. The van der Waals surface area contributed by atoms with Crippen LogP contribution in [0.3, 0.4) is 0 Å². The largest absolute Gasteiger partial charge is 0.420 e.